The van der Waals surface area contributed by atoms with Crippen LogP contribution in [0.2, 0.25) is 0 Å². The average Bonchev–Trinajstić information content (AvgIpc) is 3.21. The molecular weight excluding hydrogens is 427 g/mol. The lowest BCUT2D eigenvalue weighted by Crippen LogP contribution is -2.48. The highest BCUT2D eigenvalue weighted by Crippen LogP contribution is 2.32. The van der Waals surface area contributed by atoms with Crippen LogP contribution in [0, 0.1) is 6.92 Å². The summed E-state index contributed by atoms with van der Waals surface area (Å²) in [5, 5.41) is 5.36. The number of halogens is 3. The Labute approximate surface area is 181 Å². The van der Waals surface area contributed by atoms with Crippen LogP contribution in [0.4, 0.5) is 29.8 Å². The summed E-state index contributed by atoms with van der Waals surface area (Å²) in [5.41, 5.74) is 1.05. The van der Waals surface area contributed by atoms with E-state index in [4.69, 9.17) is 0 Å². The third-order valence-corrected chi connectivity index (χ3v) is 5.71. The van der Waals surface area contributed by atoms with E-state index in [9.17, 15) is 18.0 Å². The van der Waals surface area contributed by atoms with Crippen molar-refractivity contribution in [3.05, 3.63) is 64.8 Å². The van der Waals surface area contributed by atoms with Gasteiger partial charge in [0.1, 0.15) is 11.5 Å². The summed E-state index contributed by atoms with van der Waals surface area (Å²) in [7, 11) is 0. The first-order valence-corrected chi connectivity index (χ1v) is 10.6. The van der Waals surface area contributed by atoms with Crippen LogP contribution in [0.15, 0.2) is 47.8 Å². The number of carbonyl (C=O) groups excluding carboxylic acids is 1. The standard InChI is InChI=1S/C21H20F3N5OS/c1-14-4-2-7-18(25-14)27-20-26-17(13-31-20)19(30)29-10-8-28(9-11-29)16-6-3-5-15(12-16)21(22,23)24/h2-7,12-13H,8-11H2,1H3,(H,25,26,27). The summed E-state index contributed by atoms with van der Waals surface area (Å²) in [5.74, 6) is 0.466. The number of nitrogens with zero attached hydrogens (tertiary/aromatic N) is 4. The molecule has 3 aromatic rings. The van der Waals surface area contributed by atoms with Crippen molar-refractivity contribution in [3.63, 3.8) is 0 Å². The third kappa shape index (κ3) is 4.96. The minimum atomic E-state index is -4.38. The second-order valence-electron chi connectivity index (χ2n) is 7.15. The summed E-state index contributed by atoms with van der Waals surface area (Å²) in [6.45, 7) is 3.62. The number of benzene rings is 1. The first-order chi connectivity index (χ1) is 14.8. The molecule has 1 saturated heterocycles. The molecule has 1 amide bonds. The van der Waals surface area contributed by atoms with E-state index >= 15 is 0 Å². The van der Waals surface area contributed by atoms with Crippen molar-refractivity contribution in [2.24, 2.45) is 0 Å². The molecule has 10 heteroatoms. The number of piperazine rings is 1. The number of aryl methyl sites for hydroxylation is 1. The predicted molar refractivity (Wildman–Crippen MR) is 114 cm³/mol. The quantitative estimate of drug-likeness (QED) is 0.635. The second-order valence-corrected chi connectivity index (χ2v) is 8.01. The van der Waals surface area contributed by atoms with Gasteiger partial charge in [-0.1, -0.05) is 12.1 Å². The maximum atomic E-state index is 13.0. The molecule has 1 N–H and O–H groups in total. The number of alkyl halides is 3. The highest BCUT2D eigenvalue weighted by molar-refractivity contribution is 7.14. The number of hydrogen-bond acceptors (Lipinski definition) is 6. The minimum absolute atomic E-state index is 0.190. The molecule has 0 spiro atoms. The summed E-state index contributed by atoms with van der Waals surface area (Å²) in [4.78, 5) is 25.1. The Morgan fingerprint density at radius 2 is 1.81 bits per heavy atom. The average molecular weight is 447 g/mol. The molecule has 162 valence electrons. The number of rotatable bonds is 4. The fourth-order valence-electron chi connectivity index (χ4n) is 3.36. The van der Waals surface area contributed by atoms with Gasteiger partial charge in [0, 0.05) is 42.9 Å². The molecule has 1 aliphatic rings. The second kappa shape index (κ2) is 8.54. The van der Waals surface area contributed by atoms with Crippen LogP contribution in [0.25, 0.3) is 0 Å². The summed E-state index contributed by atoms with van der Waals surface area (Å²) in [6, 6.07) is 10.9. The molecule has 3 heterocycles. The topological polar surface area (TPSA) is 61.4 Å². The lowest BCUT2D eigenvalue weighted by Gasteiger charge is -2.36. The van der Waals surface area contributed by atoms with Crippen LogP contribution in [-0.2, 0) is 6.18 Å². The molecule has 0 atom stereocenters. The van der Waals surface area contributed by atoms with Crippen molar-refractivity contribution in [1.29, 1.82) is 0 Å². The van der Waals surface area contributed by atoms with Crippen molar-refractivity contribution in [1.82, 2.24) is 14.9 Å². The van der Waals surface area contributed by atoms with Gasteiger partial charge in [-0.25, -0.2) is 9.97 Å². The van der Waals surface area contributed by atoms with E-state index in [0.717, 1.165) is 17.8 Å². The predicted octanol–water partition coefficient (Wildman–Crippen LogP) is 4.57. The molecule has 6 nitrogen and oxygen atoms in total. The monoisotopic (exact) mass is 447 g/mol. The van der Waals surface area contributed by atoms with Crippen molar-refractivity contribution >= 4 is 33.9 Å². The zero-order valence-corrected chi connectivity index (χ0v) is 17.5. The maximum absolute atomic E-state index is 13.0. The van der Waals surface area contributed by atoms with E-state index in [1.807, 2.05) is 30.0 Å². The van der Waals surface area contributed by atoms with Crippen LogP contribution in [-0.4, -0.2) is 47.0 Å². The van der Waals surface area contributed by atoms with Crippen LogP contribution in [0.5, 0.6) is 0 Å². The highest BCUT2D eigenvalue weighted by Gasteiger charge is 2.31. The number of anilines is 3. The largest absolute Gasteiger partial charge is 0.416 e. The molecule has 0 aliphatic carbocycles. The number of pyridine rings is 1. The van der Waals surface area contributed by atoms with Gasteiger partial charge < -0.3 is 15.1 Å². The summed E-state index contributed by atoms with van der Waals surface area (Å²) < 4.78 is 38.9. The van der Waals surface area contributed by atoms with Crippen molar-refractivity contribution in [3.8, 4) is 0 Å². The van der Waals surface area contributed by atoms with Gasteiger partial charge in [-0.2, -0.15) is 13.2 Å². The van der Waals surface area contributed by atoms with Gasteiger partial charge in [-0.05, 0) is 37.3 Å². The van der Waals surface area contributed by atoms with Crippen molar-refractivity contribution < 1.29 is 18.0 Å². The van der Waals surface area contributed by atoms with Crippen LogP contribution in [0.1, 0.15) is 21.7 Å². The lowest BCUT2D eigenvalue weighted by atomic mass is 10.1. The van der Waals surface area contributed by atoms with E-state index < -0.39 is 11.7 Å². The van der Waals surface area contributed by atoms with Gasteiger partial charge in [0.2, 0.25) is 0 Å². The zero-order chi connectivity index (χ0) is 22.0. The van der Waals surface area contributed by atoms with E-state index in [2.05, 4.69) is 15.3 Å². The Morgan fingerprint density at radius 3 is 2.52 bits per heavy atom. The molecule has 2 aromatic heterocycles. The molecule has 1 aliphatic heterocycles. The SMILES string of the molecule is Cc1cccc(Nc2nc(C(=O)N3CCN(c4cccc(C(F)(F)F)c4)CC3)cs2)n1. The number of amides is 1. The fourth-order valence-corrected chi connectivity index (χ4v) is 4.05. The number of thiazole rings is 1. The van der Waals surface area contributed by atoms with Gasteiger partial charge in [-0.3, -0.25) is 4.79 Å². The Kier molecular flexibility index (Phi) is 5.81. The van der Waals surface area contributed by atoms with Crippen molar-refractivity contribution in [2.75, 3.05) is 36.4 Å². The number of hydrogen-bond donors (Lipinski definition) is 1. The summed E-state index contributed by atoms with van der Waals surface area (Å²) >= 11 is 1.32. The molecule has 0 unspecified atom stereocenters. The molecule has 0 bridgehead atoms. The number of aromatic nitrogens is 2. The Hall–Kier alpha value is -3.14. The maximum Gasteiger partial charge on any atom is 0.416 e. The molecule has 1 fully saturated rings. The van der Waals surface area contributed by atoms with E-state index in [-0.39, 0.29) is 5.91 Å². The molecule has 31 heavy (non-hydrogen) atoms. The molecular formula is C21H20F3N5OS. The third-order valence-electron chi connectivity index (χ3n) is 4.95. The normalized spacial score (nSPS) is 14.6. The van der Waals surface area contributed by atoms with Gasteiger partial charge in [0.25, 0.3) is 5.91 Å². The van der Waals surface area contributed by atoms with Crippen LogP contribution < -0.4 is 10.2 Å². The summed E-state index contributed by atoms with van der Waals surface area (Å²) in [6.07, 6.45) is -4.38. The Bertz CT molecular complexity index is 1080. The van der Waals surface area contributed by atoms with Gasteiger partial charge in [0.15, 0.2) is 5.13 Å². The van der Waals surface area contributed by atoms with Crippen LogP contribution in [0.3, 0.4) is 0 Å². The van der Waals surface area contributed by atoms with Crippen LogP contribution >= 0.6 is 11.3 Å². The van der Waals surface area contributed by atoms with E-state index in [1.54, 1.807) is 16.3 Å². The van der Waals surface area contributed by atoms with E-state index in [1.165, 1.54) is 17.4 Å². The Balaban J connectivity index is 1.37. The minimum Gasteiger partial charge on any atom is -0.368 e. The smallest absolute Gasteiger partial charge is 0.368 e. The lowest BCUT2D eigenvalue weighted by molar-refractivity contribution is -0.137. The number of carbonyl (C=O) groups is 1. The molecule has 0 radical (unpaired) electrons. The fraction of sp³-hybridized carbons (Fsp3) is 0.286. The van der Waals surface area contributed by atoms with Crippen molar-refractivity contribution in [2.45, 2.75) is 13.1 Å². The number of nitrogens with one attached hydrogen (secondary N) is 1. The van der Waals surface area contributed by atoms with Gasteiger partial charge >= 0.3 is 6.18 Å². The Morgan fingerprint density at radius 1 is 1.06 bits per heavy atom. The highest BCUT2D eigenvalue weighted by atomic mass is 32.1. The van der Waals surface area contributed by atoms with Gasteiger partial charge in [-0.15, -0.1) is 11.3 Å². The van der Waals surface area contributed by atoms with E-state index in [0.29, 0.717) is 48.5 Å². The first-order valence-electron chi connectivity index (χ1n) is 9.67. The molecule has 0 saturated carbocycles. The van der Waals surface area contributed by atoms with Gasteiger partial charge in [0.05, 0.1) is 5.56 Å². The molecule has 1 aromatic carbocycles. The zero-order valence-electron chi connectivity index (χ0n) is 16.7. The first kappa shape index (κ1) is 21.1. The molecule has 4 rings (SSSR count).